The summed E-state index contributed by atoms with van der Waals surface area (Å²) in [4.78, 5) is 25.4. The largest absolute Gasteiger partial charge is 0.369 e. The highest BCUT2D eigenvalue weighted by molar-refractivity contribution is 5.80. The minimum atomic E-state index is -0.224. The Labute approximate surface area is 108 Å². The zero-order chi connectivity index (χ0) is 13.1. The fraction of sp³-hybridized carbons (Fsp3) is 0.846. The number of primary amides is 1. The summed E-state index contributed by atoms with van der Waals surface area (Å²) in [5, 5.41) is 3.36. The number of likely N-dealkylation sites (tertiary alicyclic amines) is 1. The first kappa shape index (κ1) is 13.3. The van der Waals surface area contributed by atoms with E-state index in [9.17, 15) is 9.59 Å². The van der Waals surface area contributed by atoms with E-state index in [2.05, 4.69) is 12.2 Å². The van der Waals surface area contributed by atoms with E-state index in [1.165, 1.54) is 0 Å². The highest BCUT2D eigenvalue weighted by atomic mass is 16.2. The summed E-state index contributed by atoms with van der Waals surface area (Å²) < 4.78 is 0. The van der Waals surface area contributed by atoms with Crippen LogP contribution in [0.5, 0.6) is 0 Å². The Morgan fingerprint density at radius 1 is 1.17 bits per heavy atom. The lowest BCUT2D eigenvalue weighted by molar-refractivity contribution is -0.139. The van der Waals surface area contributed by atoms with Crippen LogP contribution in [0, 0.1) is 11.8 Å². The third-order valence-corrected chi connectivity index (χ3v) is 4.18. The molecule has 102 valence electrons. The first-order valence-electron chi connectivity index (χ1n) is 6.89. The van der Waals surface area contributed by atoms with Gasteiger partial charge in [0.2, 0.25) is 11.8 Å². The van der Waals surface area contributed by atoms with Crippen LogP contribution in [-0.2, 0) is 9.59 Å². The highest BCUT2D eigenvalue weighted by Crippen LogP contribution is 2.23. The van der Waals surface area contributed by atoms with Crippen molar-refractivity contribution in [2.45, 2.75) is 38.6 Å². The van der Waals surface area contributed by atoms with E-state index in [4.69, 9.17) is 5.73 Å². The van der Waals surface area contributed by atoms with Crippen molar-refractivity contribution in [3.63, 3.8) is 0 Å². The number of nitrogens with one attached hydrogen (secondary N) is 1. The van der Waals surface area contributed by atoms with Crippen molar-refractivity contribution in [1.29, 1.82) is 0 Å². The van der Waals surface area contributed by atoms with E-state index in [-0.39, 0.29) is 23.7 Å². The highest BCUT2D eigenvalue weighted by Gasteiger charge is 2.31. The summed E-state index contributed by atoms with van der Waals surface area (Å²) >= 11 is 0. The number of amides is 2. The number of hydrogen-bond donors (Lipinski definition) is 2. The normalized spacial score (nSPS) is 30.2. The molecule has 2 aliphatic rings. The lowest BCUT2D eigenvalue weighted by atomic mass is 9.90. The number of nitrogens with zero attached hydrogens (tertiary/aromatic N) is 1. The predicted octanol–water partition coefficient (Wildman–Crippen LogP) is 0.0984. The standard InChI is InChI=1S/C13H23N3O2/c1-9-8-11(2-5-15-9)13(18)16-6-3-10(4-7-16)12(14)17/h9-11,15H,2-8H2,1H3,(H2,14,17). The SMILES string of the molecule is CC1CC(C(=O)N2CCC(C(N)=O)CC2)CCN1. The molecule has 0 aliphatic carbocycles. The molecule has 2 amide bonds. The van der Waals surface area contributed by atoms with E-state index in [0.29, 0.717) is 19.1 Å². The number of piperidine rings is 2. The van der Waals surface area contributed by atoms with Crippen molar-refractivity contribution in [1.82, 2.24) is 10.2 Å². The van der Waals surface area contributed by atoms with E-state index < -0.39 is 0 Å². The van der Waals surface area contributed by atoms with Crippen LogP contribution in [0.3, 0.4) is 0 Å². The van der Waals surface area contributed by atoms with Crippen LogP contribution in [0.15, 0.2) is 0 Å². The zero-order valence-corrected chi connectivity index (χ0v) is 11.0. The zero-order valence-electron chi connectivity index (χ0n) is 11.0. The summed E-state index contributed by atoms with van der Waals surface area (Å²) in [6.07, 6.45) is 3.30. The smallest absolute Gasteiger partial charge is 0.225 e. The Morgan fingerprint density at radius 3 is 2.39 bits per heavy atom. The molecule has 3 N–H and O–H groups in total. The quantitative estimate of drug-likeness (QED) is 0.733. The van der Waals surface area contributed by atoms with Gasteiger partial charge in [-0.25, -0.2) is 0 Å². The summed E-state index contributed by atoms with van der Waals surface area (Å²) in [6.45, 7) is 4.42. The summed E-state index contributed by atoms with van der Waals surface area (Å²) in [5.41, 5.74) is 5.30. The fourth-order valence-corrected chi connectivity index (χ4v) is 3.00. The maximum absolute atomic E-state index is 12.4. The monoisotopic (exact) mass is 253 g/mol. The molecule has 2 aliphatic heterocycles. The second-order valence-electron chi connectivity index (χ2n) is 5.58. The third kappa shape index (κ3) is 3.02. The van der Waals surface area contributed by atoms with Gasteiger partial charge in [-0.2, -0.15) is 0 Å². The minimum absolute atomic E-state index is 0.0407. The van der Waals surface area contributed by atoms with Gasteiger partial charge in [-0.3, -0.25) is 9.59 Å². The third-order valence-electron chi connectivity index (χ3n) is 4.18. The van der Waals surface area contributed by atoms with Crippen molar-refractivity contribution in [3.05, 3.63) is 0 Å². The second-order valence-corrected chi connectivity index (χ2v) is 5.58. The van der Waals surface area contributed by atoms with Crippen LogP contribution >= 0.6 is 0 Å². The number of rotatable bonds is 2. The first-order chi connectivity index (χ1) is 8.58. The molecule has 5 heteroatoms. The fourth-order valence-electron chi connectivity index (χ4n) is 3.00. The van der Waals surface area contributed by atoms with Crippen molar-refractivity contribution in [2.75, 3.05) is 19.6 Å². The van der Waals surface area contributed by atoms with E-state index in [1.807, 2.05) is 4.90 Å². The Kier molecular flexibility index (Phi) is 4.22. The molecule has 0 aromatic heterocycles. The van der Waals surface area contributed by atoms with Gasteiger partial charge in [-0.15, -0.1) is 0 Å². The molecule has 18 heavy (non-hydrogen) atoms. The number of carbonyl (C=O) groups excluding carboxylic acids is 2. The second kappa shape index (κ2) is 5.69. The summed E-state index contributed by atoms with van der Waals surface area (Å²) in [7, 11) is 0. The summed E-state index contributed by atoms with van der Waals surface area (Å²) in [6, 6.07) is 0.427. The lowest BCUT2D eigenvalue weighted by Gasteiger charge is -2.35. The molecule has 2 atom stereocenters. The van der Waals surface area contributed by atoms with Gasteiger partial charge >= 0.3 is 0 Å². The van der Waals surface area contributed by atoms with Gasteiger partial charge in [0.05, 0.1) is 0 Å². The number of carbonyl (C=O) groups is 2. The number of nitrogens with two attached hydrogens (primary N) is 1. The van der Waals surface area contributed by atoms with Crippen LogP contribution in [0.1, 0.15) is 32.6 Å². The topological polar surface area (TPSA) is 75.4 Å². The molecule has 2 saturated heterocycles. The van der Waals surface area contributed by atoms with Crippen molar-refractivity contribution in [3.8, 4) is 0 Å². The molecule has 0 aromatic rings. The van der Waals surface area contributed by atoms with Crippen molar-refractivity contribution >= 4 is 11.8 Å². The van der Waals surface area contributed by atoms with Crippen LogP contribution in [-0.4, -0.2) is 42.4 Å². The van der Waals surface area contributed by atoms with E-state index in [1.54, 1.807) is 0 Å². The van der Waals surface area contributed by atoms with E-state index >= 15 is 0 Å². The molecule has 0 aromatic carbocycles. The Morgan fingerprint density at radius 2 is 1.83 bits per heavy atom. The molecule has 2 rings (SSSR count). The molecule has 5 nitrogen and oxygen atoms in total. The lowest BCUT2D eigenvalue weighted by Crippen LogP contribution is -2.47. The van der Waals surface area contributed by atoms with Gasteiger partial charge in [-0.05, 0) is 39.2 Å². The van der Waals surface area contributed by atoms with Gasteiger partial charge < -0.3 is 16.0 Å². The van der Waals surface area contributed by atoms with Crippen LogP contribution in [0.25, 0.3) is 0 Å². The maximum atomic E-state index is 12.4. The maximum Gasteiger partial charge on any atom is 0.225 e. The van der Waals surface area contributed by atoms with Crippen molar-refractivity contribution in [2.24, 2.45) is 17.6 Å². The van der Waals surface area contributed by atoms with Crippen LogP contribution in [0.2, 0.25) is 0 Å². The first-order valence-corrected chi connectivity index (χ1v) is 6.89. The van der Waals surface area contributed by atoms with E-state index in [0.717, 1.165) is 32.2 Å². The predicted molar refractivity (Wildman–Crippen MR) is 68.7 cm³/mol. The molecule has 2 fully saturated rings. The Balaban J connectivity index is 1.85. The molecule has 0 saturated carbocycles. The molecule has 2 heterocycles. The molecular weight excluding hydrogens is 230 g/mol. The summed E-state index contributed by atoms with van der Waals surface area (Å²) in [5.74, 6) is 0.163. The van der Waals surface area contributed by atoms with Crippen LogP contribution < -0.4 is 11.1 Å². The van der Waals surface area contributed by atoms with Gasteiger partial charge in [0.25, 0.3) is 0 Å². The molecule has 0 spiro atoms. The minimum Gasteiger partial charge on any atom is -0.369 e. The van der Waals surface area contributed by atoms with Gasteiger partial charge in [0.15, 0.2) is 0 Å². The van der Waals surface area contributed by atoms with Gasteiger partial charge in [-0.1, -0.05) is 0 Å². The van der Waals surface area contributed by atoms with Crippen molar-refractivity contribution < 1.29 is 9.59 Å². The van der Waals surface area contributed by atoms with Gasteiger partial charge in [0, 0.05) is 31.0 Å². The molecular formula is C13H23N3O2. The average molecular weight is 253 g/mol. The Bertz CT molecular complexity index is 324. The van der Waals surface area contributed by atoms with Gasteiger partial charge in [0.1, 0.15) is 0 Å². The van der Waals surface area contributed by atoms with Crippen LogP contribution in [0.4, 0.5) is 0 Å². The Hall–Kier alpha value is -1.10. The molecule has 2 unspecified atom stereocenters. The average Bonchev–Trinajstić information content (AvgIpc) is 2.38. The molecule has 0 bridgehead atoms. The number of hydrogen-bond acceptors (Lipinski definition) is 3. The molecule has 0 radical (unpaired) electrons.